The fourth-order valence-corrected chi connectivity index (χ4v) is 4.46. The van der Waals surface area contributed by atoms with Crippen LogP contribution in [-0.4, -0.2) is 44.3 Å². The molecule has 1 unspecified atom stereocenters. The summed E-state index contributed by atoms with van der Waals surface area (Å²) in [6, 6.07) is 0. The van der Waals surface area contributed by atoms with Crippen LogP contribution in [0.2, 0.25) is 0 Å². The Morgan fingerprint density at radius 1 is 1.28 bits per heavy atom. The van der Waals surface area contributed by atoms with Gasteiger partial charge in [0.15, 0.2) is 6.61 Å². The van der Waals surface area contributed by atoms with E-state index < -0.39 is 17.8 Å². The molecule has 1 amide bonds. The molecule has 25 heavy (non-hydrogen) atoms. The fraction of sp³-hybridized carbons (Fsp3) is 0.588. The van der Waals surface area contributed by atoms with Crippen LogP contribution in [0.1, 0.15) is 46.5 Å². The summed E-state index contributed by atoms with van der Waals surface area (Å²) in [7, 11) is 1.32. The van der Waals surface area contributed by atoms with E-state index in [-0.39, 0.29) is 19.1 Å². The summed E-state index contributed by atoms with van der Waals surface area (Å²) < 4.78 is 15.2. The second-order valence-corrected chi connectivity index (χ2v) is 7.21. The van der Waals surface area contributed by atoms with Gasteiger partial charge < -0.3 is 19.5 Å². The van der Waals surface area contributed by atoms with Crippen molar-refractivity contribution in [1.29, 1.82) is 0 Å². The highest BCUT2D eigenvalue weighted by molar-refractivity contribution is 7.17. The zero-order valence-electron chi connectivity index (χ0n) is 14.1. The number of hydrogen-bond acceptors (Lipinski definition) is 7. The molecule has 1 aliphatic heterocycles. The molecule has 136 valence electrons. The Morgan fingerprint density at radius 3 is 2.84 bits per heavy atom. The highest BCUT2D eigenvalue weighted by Crippen LogP contribution is 2.39. The number of carbonyl (C=O) groups is 3. The normalized spacial score (nSPS) is 18.7. The van der Waals surface area contributed by atoms with Crippen LogP contribution in [0.15, 0.2) is 0 Å². The smallest absolute Gasteiger partial charge is 0.341 e. The lowest BCUT2D eigenvalue weighted by atomic mass is 10.1. The monoisotopic (exact) mass is 367 g/mol. The number of carbonyl (C=O) groups excluding carboxylic acids is 3. The molecule has 1 atom stereocenters. The number of fused-ring (bicyclic) bond motifs is 1. The maximum Gasteiger partial charge on any atom is 0.341 e. The first kappa shape index (κ1) is 17.9. The van der Waals surface area contributed by atoms with Crippen LogP contribution < -0.4 is 5.32 Å². The van der Waals surface area contributed by atoms with Crippen LogP contribution in [0.4, 0.5) is 5.00 Å². The third-order valence-corrected chi connectivity index (χ3v) is 5.55. The van der Waals surface area contributed by atoms with Gasteiger partial charge in [-0.2, -0.15) is 0 Å². The van der Waals surface area contributed by atoms with Crippen LogP contribution >= 0.6 is 11.3 Å². The van der Waals surface area contributed by atoms with E-state index in [1.807, 2.05) is 0 Å². The van der Waals surface area contributed by atoms with Crippen molar-refractivity contribution in [2.45, 2.75) is 44.6 Å². The molecule has 1 aromatic heterocycles. The number of rotatable bonds is 6. The average Bonchev–Trinajstić information content (AvgIpc) is 3.30. The molecule has 1 fully saturated rings. The highest BCUT2D eigenvalue weighted by atomic mass is 32.1. The van der Waals surface area contributed by atoms with E-state index in [2.05, 4.69) is 5.32 Å². The molecule has 2 heterocycles. The largest absolute Gasteiger partial charge is 0.465 e. The van der Waals surface area contributed by atoms with Gasteiger partial charge >= 0.3 is 11.9 Å². The molecule has 1 saturated heterocycles. The van der Waals surface area contributed by atoms with Gasteiger partial charge in [0.1, 0.15) is 5.00 Å². The van der Waals surface area contributed by atoms with Gasteiger partial charge in [-0.3, -0.25) is 9.59 Å². The van der Waals surface area contributed by atoms with Crippen molar-refractivity contribution >= 4 is 34.2 Å². The lowest BCUT2D eigenvalue weighted by Gasteiger charge is -2.10. The Kier molecular flexibility index (Phi) is 5.70. The zero-order valence-corrected chi connectivity index (χ0v) is 14.9. The number of esters is 2. The molecule has 2 aliphatic rings. The summed E-state index contributed by atoms with van der Waals surface area (Å²) in [4.78, 5) is 36.9. The molecular formula is C17H21NO6S. The molecule has 0 bridgehead atoms. The van der Waals surface area contributed by atoms with Gasteiger partial charge in [0.25, 0.3) is 5.91 Å². The molecule has 0 spiro atoms. The second kappa shape index (κ2) is 7.97. The Balaban J connectivity index is 1.56. The van der Waals surface area contributed by atoms with E-state index in [1.54, 1.807) is 0 Å². The molecule has 7 nitrogen and oxygen atoms in total. The Bertz CT molecular complexity index is 677. The van der Waals surface area contributed by atoms with Gasteiger partial charge in [-0.05, 0) is 37.7 Å². The number of nitrogens with one attached hydrogen (secondary N) is 1. The number of ether oxygens (including phenoxy) is 3. The summed E-state index contributed by atoms with van der Waals surface area (Å²) in [6.07, 6.45) is 4.54. The van der Waals surface area contributed by atoms with Crippen LogP contribution in [-0.2, 0) is 36.6 Å². The minimum absolute atomic E-state index is 0.109. The third kappa shape index (κ3) is 4.19. The van der Waals surface area contributed by atoms with Gasteiger partial charge in [-0.1, -0.05) is 0 Å². The Labute approximate surface area is 149 Å². The minimum atomic E-state index is -0.467. The zero-order chi connectivity index (χ0) is 17.8. The average molecular weight is 367 g/mol. The van der Waals surface area contributed by atoms with Crippen molar-refractivity contribution in [3.05, 3.63) is 16.0 Å². The molecule has 1 aromatic rings. The topological polar surface area (TPSA) is 90.9 Å². The third-order valence-electron chi connectivity index (χ3n) is 4.35. The van der Waals surface area contributed by atoms with Crippen molar-refractivity contribution < 1.29 is 28.6 Å². The quantitative estimate of drug-likeness (QED) is 0.774. The predicted molar refractivity (Wildman–Crippen MR) is 90.9 cm³/mol. The molecular weight excluding hydrogens is 346 g/mol. The van der Waals surface area contributed by atoms with E-state index in [9.17, 15) is 14.4 Å². The fourth-order valence-electron chi connectivity index (χ4n) is 3.17. The number of amides is 1. The van der Waals surface area contributed by atoms with Crippen LogP contribution in [0.3, 0.4) is 0 Å². The molecule has 0 radical (unpaired) electrons. The molecule has 1 aliphatic carbocycles. The molecule has 8 heteroatoms. The van der Waals surface area contributed by atoms with Crippen molar-refractivity contribution in [3.63, 3.8) is 0 Å². The van der Waals surface area contributed by atoms with Crippen LogP contribution in [0, 0.1) is 0 Å². The lowest BCUT2D eigenvalue weighted by molar-refractivity contribution is -0.149. The summed E-state index contributed by atoms with van der Waals surface area (Å²) in [5.41, 5.74) is 1.39. The molecule has 0 saturated carbocycles. The summed E-state index contributed by atoms with van der Waals surface area (Å²) in [5, 5.41) is 3.14. The maximum atomic E-state index is 12.1. The van der Waals surface area contributed by atoms with Crippen molar-refractivity contribution in [3.8, 4) is 0 Å². The summed E-state index contributed by atoms with van der Waals surface area (Å²) in [5.74, 6) is -1.38. The SMILES string of the molecule is COC(=O)c1c(NC(=O)COC(=O)CC2CCCO2)sc2c1CCC2. The van der Waals surface area contributed by atoms with E-state index >= 15 is 0 Å². The minimum Gasteiger partial charge on any atom is -0.465 e. The van der Waals surface area contributed by atoms with E-state index in [4.69, 9.17) is 14.2 Å². The Hall–Kier alpha value is -1.93. The molecule has 3 rings (SSSR count). The molecule has 0 aromatic carbocycles. The number of anilines is 1. The van der Waals surface area contributed by atoms with Gasteiger partial charge in [0.05, 0.1) is 25.2 Å². The first-order valence-corrected chi connectivity index (χ1v) is 9.20. The Morgan fingerprint density at radius 2 is 2.12 bits per heavy atom. The van der Waals surface area contributed by atoms with Crippen molar-refractivity contribution in [2.24, 2.45) is 0 Å². The maximum absolute atomic E-state index is 12.1. The first-order chi connectivity index (χ1) is 12.1. The number of hydrogen-bond donors (Lipinski definition) is 1. The number of aryl methyl sites for hydroxylation is 1. The summed E-state index contributed by atoms with van der Waals surface area (Å²) >= 11 is 1.39. The van der Waals surface area contributed by atoms with Gasteiger partial charge in [-0.15, -0.1) is 11.3 Å². The standard InChI is InChI=1S/C17H21NO6S/c1-22-17(21)15-11-5-2-6-12(11)25-16(15)18-13(19)9-24-14(20)8-10-4-3-7-23-10/h10H,2-9H2,1H3,(H,18,19). The lowest BCUT2D eigenvalue weighted by Crippen LogP contribution is -2.23. The number of thiophene rings is 1. The van der Waals surface area contributed by atoms with Crippen LogP contribution in [0.5, 0.6) is 0 Å². The predicted octanol–water partition coefficient (Wildman–Crippen LogP) is 2.07. The van der Waals surface area contributed by atoms with Gasteiger partial charge in [-0.25, -0.2) is 4.79 Å². The number of methoxy groups -OCH3 is 1. The van der Waals surface area contributed by atoms with Gasteiger partial charge in [0.2, 0.25) is 0 Å². The highest BCUT2D eigenvalue weighted by Gasteiger charge is 2.28. The van der Waals surface area contributed by atoms with Crippen molar-refractivity contribution in [1.82, 2.24) is 0 Å². The van der Waals surface area contributed by atoms with Crippen molar-refractivity contribution in [2.75, 3.05) is 25.6 Å². The molecule has 1 N–H and O–H groups in total. The van der Waals surface area contributed by atoms with E-state index in [0.29, 0.717) is 17.2 Å². The van der Waals surface area contributed by atoms with Gasteiger partial charge in [0, 0.05) is 11.5 Å². The first-order valence-electron chi connectivity index (χ1n) is 8.38. The summed E-state index contributed by atoms with van der Waals surface area (Å²) in [6.45, 7) is 0.284. The van der Waals surface area contributed by atoms with Crippen LogP contribution in [0.25, 0.3) is 0 Å². The van der Waals surface area contributed by atoms with E-state index in [1.165, 1.54) is 18.4 Å². The second-order valence-electron chi connectivity index (χ2n) is 6.10. The van der Waals surface area contributed by atoms with E-state index in [0.717, 1.165) is 42.5 Å².